The second-order valence-electron chi connectivity index (χ2n) is 4.57. The van der Waals surface area contributed by atoms with Gasteiger partial charge in [-0.25, -0.2) is 0 Å². The Morgan fingerprint density at radius 2 is 2.20 bits per heavy atom. The number of hydrogen-bond acceptors (Lipinski definition) is 3. The van der Waals surface area contributed by atoms with Gasteiger partial charge in [-0.3, -0.25) is 4.79 Å². The first-order chi connectivity index (χ1) is 9.67. The smallest absolute Gasteiger partial charge is 0.272 e. The number of carbonyl (C=O) groups is 1. The Morgan fingerprint density at radius 3 is 3.00 bits per heavy atom. The first kappa shape index (κ1) is 12.7. The average Bonchev–Trinajstić information content (AvgIpc) is 3.03. The summed E-state index contributed by atoms with van der Waals surface area (Å²) in [6, 6.07) is 9.65. The van der Waals surface area contributed by atoms with Crippen molar-refractivity contribution in [1.82, 2.24) is 4.57 Å². The maximum Gasteiger partial charge on any atom is 0.272 e. The molecule has 2 heterocycles. The Labute approximate surface area is 120 Å². The van der Waals surface area contributed by atoms with Gasteiger partial charge < -0.3 is 15.6 Å². The van der Waals surface area contributed by atoms with Crippen LogP contribution in [0.15, 0.2) is 41.9 Å². The summed E-state index contributed by atoms with van der Waals surface area (Å²) < 4.78 is 3.05. The Balaban J connectivity index is 1.87. The van der Waals surface area contributed by atoms with Gasteiger partial charge in [0.2, 0.25) is 0 Å². The van der Waals surface area contributed by atoms with Crippen LogP contribution in [0.4, 0.5) is 11.4 Å². The van der Waals surface area contributed by atoms with Gasteiger partial charge in [-0.1, -0.05) is 0 Å². The maximum atomic E-state index is 12.3. The van der Waals surface area contributed by atoms with Gasteiger partial charge in [0, 0.05) is 23.1 Å². The fraction of sp³-hybridized carbons (Fsp3) is 0.133. The highest BCUT2D eigenvalue weighted by Gasteiger charge is 2.12. The summed E-state index contributed by atoms with van der Waals surface area (Å²) >= 11 is 1.69. The van der Waals surface area contributed by atoms with E-state index in [1.165, 1.54) is 4.70 Å². The van der Waals surface area contributed by atoms with Crippen LogP contribution in [-0.4, -0.2) is 10.5 Å². The number of amides is 1. The monoisotopic (exact) mass is 285 g/mol. The fourth-order valence-corrected chi connectivity index (χ4v) is 3.00. The molecule has 1 aromatic carbocycles. The summed E-state index contributed by atoms with van der Waals surface area (Å²) in [5, 5.41) is 6.10. The summed E-state index contributed by atoms with van der Waals surface area (Å²) in [5.41, 5.74) is 7.72. The Kier molecular flexibility index (Phi) is 3.20. The van der Waals surface area contributed by atoms with Crippen LogP contribution in [0.2, 0.25) is 0 Å². The van der Waals surface area contributed by atoms with E-state index in [0.29, 0.717) is 17.9 Å². The van der Waals surface area contributed by atoms with Crippen LogP contribution < -0.4 is 11.1 Å². The van der Waals surface area contributed by atoms with E-state index in [2.05, 4.69) is 5.32 Å². The molecular formula is C15H15N3OS. The predicted molar refractivity (Wildman–Crippen MR) is 84.3 cm³/mol. The quantitative estimate of drug-likeness (QED) is 0.773. The zero-order valence-electron chi connectivity index (χ0n) is 11.1. The molecule has 3 aromatic rings. The number of nitrogens with two attached hydrogens (primary N) is 1. The second kappa shape index (κ2) is 5.02. The Hall–Kier alpha value is -2.27. The van der Waals surface area contributed by atoms with E-state index in [4.69, 9.17) is 5.73 Å². The lowest BCUT2D eigenvalue weighted by Gasteiger charge is -2.07. The van der Waals surface area contributed by atoms with Crippen molar-refractivity contribution in [3.8, 4) is 0 Å². The zero-order chi connectivity index (χ0) is 14.1. The number of rotatable bonds is 3. The SMILES string of the molecule is CCn1cc(N)cc1C(=O)Nc1ccc2sccc2c1. The lowest BCUT2D eigenvalue weighted by Crippen LogP contribution is -2.16. The minimum absolute atomic E-state index is 0.141. The molecular weight excluding hydrogens is 270 g/mol. The van der Waals surface area contributed by atoms with Crippen molar-refractivity contribution in [2.24, 2.45) is 0 Å². The highest BCUT2D eigenvalue weighted by atomic mass is 32.1. The molecule has 3 N–H and O–H groups in total. The van der Waals surface area contributed by atoms with E-state index in [1.807, 2.05) is 41.1 Å². The number of nitrogens with zero attached hydrogens (tertiary/aromatic N) is 1. The first-order valence-electron chi connectivity index (χ1n) is 6.41. The summed E-state index contributed by atoms with van der Waals surface area (Å²) in [5.74, 6) is -0.141. The number of carbonyl (C=O) groups excluding carboxylic acids is 1. The second-order valence-corrected chi connectivity index (χ2v) is 5.52. The number of benzene rings is 1. The molecule has 0 fully saturated rings. The highest BCUT2D eigenvalue weighted by molar-refractivity contribution is 7.17. The van der Waals surface area contributed by atoms with E-state index in [-0.39, 0.29) is 5.91 Å². The Bertz CT molecular complexity index is 772. The van der Waals surface area contributed by atoms with E-state index in [1.54, 1.807) is 23.6 Å². The van der Waals surface area contributed by atoms with Crippen LogP contribution in [0.5, 0.6) is 0 Å². The van der Waals surface area contributed by atoms with Gasteiger partial charge >= 0.3 is 0 Å². The standard InChI is InChI=1S/C15H15N3OS/c1-2-18-9-11(16)8-13(18)15(19)17-12-3-4-14-10(7-12)5-6-20-14/h3-9H,2,16H2,1H3,(H,17,19). The largest absolute Gasteiger partial charge is 0.397 e. The highest BCUT2D eigenvalue weighted by Crippen LogP contribution is 2.24. The average molecular weight is 285 g/mol. The molecule has 4 nitrogen and oxygen atoms in total. The third-order valence-corrected chi connectivity index (χ3v) is 4.10. The van der Waals surface area contributed by atoms with E-state index in [0.717, 1.165) is 11.1 Å². The number of fused-ring (bicyclic) bond motifs is 1. The van der Waals surface area contributed by atoms with Crippen molar-refractivity contribution in [2.45, 2.75) is 13.5 Å². The lowest BCUT2D eigenvalue weighted by atomic mass is 10.2. The Morgan fingerprint density at radius 1 is 1.35 bits per heavy atom. The van der Waals surface area contributed by atoms with Gasteiger partial charge in [0.15, 0.2) is 0 Å². The number of nitrogen functional groups attached to an aromatic ring is 1. The minimum Gasteiger partial charge on any atom is -0.397 e. The summed E-state index contributed by atoms with van der Waals surface area (Å²) in [4.78, 5) is 12.3. The molecule has 0 atom stereocenters. The fourth-order valence-electron chi connectivity index (χ4n) is 2.22. The number of hydrogen-bond donors (Lipinski definition) is 2. The molecule has 20 heavy (non-hydrogen) atoms. The van der Waals surface area contributed by atoms with Gasteiger partial charge in [0.1, 0.15) is 5.69 Å². The third kappa shape index (κ3) is 2.28. The maximum absolute atomic E-state index is 12.3. The molecule has 0 aliphatic heterocycles. The third-order valence-electron chi connectivity index (χ3n) is 3.20. The van der Waals surface area contributed by atoms with Crippen molar-refractivity contribution in [1.29, 1.82) is 0 Å². The van der Waals surface area contributed by atoms with Gasteiger partial charge in [0.25, 0.3) is 5.91 Å². The molecule has 0 bridgehead atoms. The zero-order valence-corrected chi connectivity index (χ0v) is 11.9. The van der Waals surface area contributed by atoms with Crippen molar-refractivity contribution in [3.05, 3.63) is 47.6 Å². The molecule has 0 saturated carbocycles. The van der Waals surface area contributed by atoms with E-state index in [9.17, 15) is 4.79 Å². The number of aryl methyl sites for hydroxylation is 1. The lowest BCUT2D eigenvalue weighted by molar-refractivity contribution is 0.101. The molecule has 5 heteroatoms. The van der Waals surface area contributed by atoms with Crippen LogP contribution in [0.25, 0.3) is 10.1 Å². The van der Waals surface area contributed by atoms with Crippen LogP contribution >= 0.6 is 11.3 Å². The minimum atomic E-state index is -0.141. The molecule has 1 amide bonds. The van der Waals surface area contributed by atoms with Gasteiger partial charge in [-0.05, 0) is 48.0 Å². The summed E-state index contributed by atoms with van der Waals surface area (Å²) in [6.07, 6.45) is 1.77. The molecule has 0 unspecified atom stereocenters. The van der Waals surface area contributed by atoms with Crippen LogP contribution in [0.1, 0.15) is 17.4 Å². The first-order valence-corrected chi connectivity index (χ1v) is 7.29. The topological polar surface area (TPSA) is 60.0 Å². The van der Waals surface area contributed by atoms with Crippen molar-refractivity contribution in [3.63, 3.8) is 0 Å². The number of aromatic nitrogens is 1. The van der Waals surface area contributed by atoms with Crippen LogP contribution in [-0.2, 0) is 6.54 Å². The molecule has 0 spiro atoms. The number of anilines is 2. The number of thiophene rings is 1. The van der Waals surface area contributed by atoms with Gasteiger partial charge in [-0.15, -0.1) is 11.3 Å². The molecule has 0 aliphatic carbocycles. The van der Waals surface area contributed by atoms with Gasteiger partial charge in [0.05, 0.1) is 5.69 Å². The molecule has 0 aliphatic rings. The molecule has 102 valence electrons. The van der Waals surface area contributed by atoms with Crippen molar-refractivity contribution < 1.29 is 4.79 Å². The van der Waals surface area contributed by atoms with Crippen LogP contribution in [0.3, 0.4) is 0 Å². The molecule has 2 aromatic heterocycles. The molecule has 3 rings (SSSR count). The van der Waals surface area contributed by atoms with E-state index < -0.39 is 0 Å². The number of nitrogens with one attached hydrogen (secondary N) is 1. The summed E-state index contributed by atoms with van der Waals surface area (Å²) in [6.45, 7) is 2.69. The predicted octanol–water partition coefficient (Wildman–Crippen LogP) is 3.56. The van der Waals surface area contributed by atoms with Crippen molar-refractivity contribution in [2.75, 3.05) is 11.1 Å². The van der Waals surface area contributed by atoms with Crippen molar-refractivity contribution >= 4 is 38.7 Å². The normalized spacial score (nSPS) is 10.8. The van der Waals surface area contributed by atoms with Gasteiger partial charge in [-0.2, -0.15) is 0 Å². The van der Waals surface area contributed by atoms with Crippen LogP contribution in [0, 0.1) is 0 Å². The summed E-state index contributed by atoms with van der Waals surface area (Å²) in [7, 11) is 0. The molecule has 0 radical (unpaired) electrons. The van der Waals surface area contributed by atoms with E-state index >= 15 is 0 Å². The molecule has 0 saturated heterocycles.